The summed E-state index contributed by atoms with van der Waals surface area (Å²) in [4.78, 5) is 17.7. The van der Waals surface area contributed by atoms with Crippen LogP contribution in [0.5, 0.6) is 0 Å². The number of hydrogen-bond donors (Lipinski definition) is 1. The third-order valence-corrected chi connectivity index (χ3v) is 4.12. The number of aliphatic hydroxyl groups excluding tert-OH is 1. The van der Waals surface area contributed by atoms with Gasteiger partial charge in [-0.05, 0) is 42.5 Å². The fourth-order valence-corrected chi connectivity index (χ4v) is 2.46. The minimum Gasteiger partial charge on any atom is -0.391 e. The van der Waals surface area contributed by atoms with E-state index in [2.05, 4.69) is 4.98 Å². The van der Waals surface area contributed by atoms with Crippen molar-refractivity contribution in [2.45, 2.75) is 18.9 Å². The maximum Gasteiger partial charge on any atom is 0.246 e. The predicted octanol–water partition coefficient (Wildman–Crippen LogP) is 2.11. The first-order valence-electron chi connectivity index (χ1n) is 7.83. The van der Waals surface area contributed by atoms with Crippen molar-refractivity contribution < 1.29 is 9.90 Å². The lowest BCUT2D eigenvalue weighted by atomic mass is 10.2. The molecular weight excluding hydrogens is 290 g/mol. The molecule has 120 valence electrons. The molecule has 2 aromatic rings. The topological polar surface area (TPSA) is 58.4 Å². The Morgan fingerprint density at radius 1 is 1.43 bits per heavy atom. The van der Waals surface area contributed by atoms with Gasteiger partial charge in [-0.2, -0.15) is 0 Å². The molecule has 1 heterocycles. The molecule has 0 aliphatic heterocycles. The zero-order valence-corrected chi connectivity index (χ0v) is 13.2. The van der Waals surface area contributed by atoms with Gasteiger partial charge in [-0.25, -0.2) is 4.98 Å². The van der Waals surface area contributed by atoms with E-state index < -0.39 is 6.10 Å². The standard InChI is InChI=1S/C18H21N3O2/c1-20(12-17(22)15-5-6-15)18(23)9-4-14-2-7-16(8-3-14)21-11-10-19-13-21/h2-4,7-11,13,15,17,22H,5-6,12H2,1H3/b9-4+. The Kier molecular flexibility index (Phi) is 4.57. The summed E-state index contributed by atoms with van der Waals surface area (Å²) in [7, 11) is 1.72. The quantitative estimate of drug-likeness (QED) is 0.831. The highest BCUT2D eigenvalue weighted by molar-refractivity contribution is 5.91. The number of carbonyl (C=O) groups excluding carboxylic acids is 1. The maximum atomic E-state index is 12.1. The van der Waals surface area contributed by atoms with Crippen molar-refractivity contribution in [3.05, 3.63) is 54.6 Å². The molecule has 1 aromatic carbocycles. The lowest BCUT2D eigenvalue weighted by Crippen LogP contribution is -2.34. The van der Waals surface area contributed by atoms with Gasteiger partial charge in [0.2, 0.25) is 5.91 Å². The summed E-state index contributed by atoms with van der Waals surface area (Å²) in [5.74, 6) is 0.285. The van der Waals surface area contributed by atoms with Crippen molar-refractivity contribution in [2.24, 2.45) is 5.92 Å². The molecule has 1 fully saturated rings. The SMILES string of the molecule is CN(CC(O)C1CC1)C(=O)/C=C/c1ccc(-n2ccnc2)cc1. The second-order valence-corrected chi connectivity index (χ2v) is 6.02. The minimum atomic E-state index is -0.396. The fraction of sp³-hybridized carbons (Fsp3) is 0.333. The Labute approximate surface area is 135 Å². The number of likely N-dealkylation sites (N-methyl/N-ethyl adjacent to an activating group) is 1. The molecule has 1 amide bonds. The van der Waals surface area contributed by atoms with Crippen LogP contribution >= 0.6 is 0 Å². The highest BCUT2D eigenvalue weighted by Crippen LogP contribution is 2.32. The van der Waals surface area contributed by atoms with Crippen LogP contribution in [0.1, 0.15) is 18.4 Å². The summed E-state index contributed by atoms with van der Waals surface area (Å²) in [6.07, 6.45) is 10.4. The van der Waals surface area contributed by atoms with Crippen LogP contribution in [0.15, 0.2) is 49.1 Å². The minimum absolute atomic E-state index is 0.0941. The van der Waals surface area contributed by atoms with Crippen molar-refractivity contribution in [1.82, 2.24) is 14.5 Å². The molecule has 3 rings (SSSR count). The van der Waals surface area contributed by atoms with E-state index in [1.54, 1.807) is 36.6 Å². The molecular formula is C18H21N3O2. The molecule has 1 aromatic heterocycles. The summed E-state index contributed by atoms with van der Waals surface area (Å²) in [6, 6.07) is 7.87. The van der Waals surface area contributed by atoms with Crippen molar-refractivity contribution >= 4 is 12.0 Å². The third-order valence-electron chi connectivity index (χ3n) is 4.12. The van der Waals surface area contributed by atoms with E-state index in [0.29, 0.717) is 12.5 Å². The van der Waals surface area contributed by atoms with Crippen LogP contribution in [0.3, 0.4) is 0 Å². The average Bonchev–Trinajstić information content (AvgIpc) is 3.28. The number of hydrogen-bond acceptors (Lipinski definition) is 3. The van der Waals surface area contributed by atoms with Crippen LogP contribution in [-0.2, 0) is 4.79 Å². The van der Waals surface area contributed by atoms with Gasteiger partial charge < -0.3 is 14.6 Å². The van der Waals surface area contributed by atoms with Crippen molar-refractivity contribution in [3.8, 4) is 5.69 Å². The molecule has 1 aliphatic carbocycles. The summed E-state index contributed by atoms with van der Waals surface area (Å²) in [6.45, 7) is 0.396. The first kappa shape index (κ1) is 15.5. The van der Waals surface area contributed by atoms with Crippen LogP contribution in [0.25, 0.3) is 11.8 Å². The van der Waals surface area contributed by atoms with E-state index in [9.17, 15) is 9.90 Å². The summed E-state index contributed by atoms with van der Waals surface area (Å²) in [5, 5.41) is 9.89. The molecule has 5 heteroatoms. The number of imidazole rings is 1. The lowest BCUT2D eigenvalue weighted by Gasteiger charge is -2.19. The number of rotatable bonds is 6. The molecule has 0 bridgehead atoms. The summed E-state index contributed by atoms with van der Waals surface area (Å²) >= 11 is 0. The van der Waals surface area contributed by atoms with Gasteiger partial charge in [-0.3, -0.25) is 4.79 Å². The van der Waals surface area contributed by atoms with Gasteiger partial charge in [0.15, 0.2) is 0 Å². The lowest BCUT2D eigenvalue weighted by molar-refractivity contribution is -0.126. The Morgan fingerprint density at radius 2 is 2.17 bits per heavy atom. The van der Waals surface area contributed by atoms with Gasteiger partial charge in [0.25, 0.3) is 0 Å². The molecule has 0 saturated heterocycles. The van der Waals surface area contributed by atoms with E-state index in [1.807, 2.05) is 35.0 Å². The van der Waals surface area contributed by atoms with Crippen LogP contribution in [-0.4, -0.2) is 45.2 Å². The zero-order valence-electron chi connectivity index (χ0n) is 13.2. The van der Waals surface area contributed by atoms with E-state index in [1.165, 1.54) is 0 Å². The number of aromatic nitrogens is 2. The van der Waals surface area contributed by atoms with Crippen LogP contribution in [0, 0.1) is 5.92 Å². The predicted molar refractivity (Wildman–Crippen MR) is 89.0 cm³/mol. The van der Waals surface area contributed by atoms with E-state index in [4.69, 9.17) is 0 Å². The highest BCUT2D eigenvalue weighted by atomic mass is 16.3. The maximum absolute atomic E-state index is 12.1. The van der Waals surface area contributed by atoms with Gasteiger partial charge in [-0.15, -0.1) is 0 Å². The second-order valence-electron chi connectivity index (χ2n) is 6.02. The molecule has 1 unspecified atom stereocenters. The van der Waals surface area contributed by atoms with Gasteiger partial charge in [0.05, 0.1) is 12.4 Å². The number of nitrogens with zero attached hydrogens (tertiary/aromatic N) is 3. The van der Waals surface area contributed by atoms with Crippen molar-refractivity contribution in [3.63, 3.8) is 0 Å². The molecule has 23 heavy (non-hydrogen) atoms. The van der Waals surface area contributed by atoms with Crippen molar-refractivity contribution in [1.29, 1.82) is 0 Å². The highest BCUT2D eigenvalue weighted by Gasteiger charge is 2.30. The third kappa shape index (κ3) is 4.07. The Morgan fingerprint density at radius 3 is 2.78 bits per heavy atom. The first-order chi connectivity index (χ1) is 11.1. The van der Waals surface area contributed by atoms with E-state index >= 15 is 0 Å². The fourth-order valence-electron chi connectivity index (χ4n) is 2.46. The normalized spacial score (nSPS) is 15.7. The molecule has 1 atom stereocenters. The number of benzene rings is 1. The van der Waals surface area contributed by atoms with Crippen LogP contribution in [0.2, 0.25) is 0 Å². The smallest absolute Gasteiger partial charge is 0.246 e. The largest absolute Gasteiger partial charge is 0.391 e. The van der Waals surface area contributed by atoms with Gasteiger partial charge in [0, 0.05) is 37.7 Å². The second kappa shape index (κ2) is 6.79. The van der Waals surface area contributed by atoms with Crippen LogP contribution < -0.4 is 0 Å². The van der Waals surface area contributed by atoms with Gasteiger partial charge in [0.1, 0.15) is 0 Å². The molecule has 0 spiro atoms. The number of aliphatic hydroxyl groups is 1. The monoisotopic (exact) mass is 311 g/mol. The van der Waals surface area contributed by atoms with E-state index in [0.717, 1.165) is 24.1 Å². The molecule has 1 aliphatic rings. The Hall–Kier alpha value is -2.40. The number of amides is 1. The van der Waals surface area contributed by atoms with E-state index in [-0.39, 0.29) is 5.91 Å². The number of carbonyl (C=O) groups is 1. The van der Waals surface area contributed by atoms with Gasteiger partial charge >= 0.3 is 0 Å². The van der Waals surface area contributed by atoms with Crippen molar-refractivity contribution in [2.75, 3.05) is 13.6 Å². The first-order valence-corrected chi connectivity index (χ1v) is 7.83. The summed E-state index contributed by atoms with van der Waals surface area (Å²) in [5.41, 5.74) is 1.98. The molecule has 0 radical (unpaired) electrons. The Bertz CT molecular complexity index is 673. The molecule has 1 N–H and O–H groups in total. The average molecular weight is 311 g/mol. The summed E-state index contributed by atoms with van der Waals surface area (Å²) < 4.78 is 1.92. The Balaban J connectivity index is 1.57. The molecule has 1 saturated carbocycles. The van der Waals surface area contributed by atoms with Crippen LogP contribution in [0.4, 0.5) is 0 Å². The van der Waals surface area contributed by atoms with Gasteiger partial charge in [-0.1, -0.05) is 12.1 Å². The molecule has 5 nitrogen and oxygen atoms in total. The zero-order chi connectivity index (χ0) is 16.2.